The summed E-state index contributed by atoms with van der Waals surface area (Å²) in [4.78, 5) is 17.4. The number of carbonyl (C=O) groups is 1. The molecule has 0 aromatic heterocycles. The Labute approximate surface area is 223 Å². The van der Waals surface area contributed by atoms with Crippen LogP contribution in [0.5, 0.6) is 5.75 Å². The number of benzene rings is 2. The first-order valence-corrected chi connectivity index (χ1v) is 13.0. The van der Waals surface area contributed by atoms with E-state index < -0.39 is 36.8 Å². The van der Waals surface area contributed by atoms with E-state index in [1.165, 1.54) is 6.92 Å². The molecule has 5 atom stereocenters. The summed E-state index contributed by atoms with van der Waals surface area (Å²) >= 11 is 0. The van der Waals surface area contributed by atoms with Crippen LogP contribution in [0.15, 0.2) is 42.5 Å². The lowest BCUT2D eigenvalue weighted by Crippen LogP contribution is -2.66. The van der Waals surface area contributed by atoms with Crippen LogP contribution >= 0.6 is 0 Å². The van der Waals surface area contributed by atoms with Crippen molar-refractivity contribution >= 4 is 5.91 Å². The molecule has 0 spiro atoms. The maximum atomic E-state index is 12.8. The van der Waals surface area contributed by atoms with Gasteiger partial charge in [-0.1, -0.05) is 18.2 Å². The van der Waals surface area contributed by atoms with Crippen molar-refractivity contribution in [2.45, 2.75) is 44.1 Å². The Bertz CT molecular complexity index is 1100. The molecule has 0 radical (unpaired) electrons. The average molecular weight is 530 g/mol. The molecule has 2 saturated heterocycles. The molecule has 0 saturated carbocycles. The minimum atomic E-state index is -1.90. The van der Waals surface area contributed by atoms with Gasteiger partial charge in [-0.25, -0.2) is 0 Å². The average Bonchev–Trinajstić information content (AvgIpc) is 2.91. The smallest absolute Gasteiger partial charge is 0.251 e. The highest BCUT2D eigenvalue weighted by Gasteiger charge is 2.53. The van der Waals surface area contributed by atoms with Gasteiger partial charge in [-0.15, -0.1) is 0 Å². The Morgan fingerprint density at radius 2 is 1.84 bits per heavy atom. The summed E-state index contributed by atoms with van der Waals surface area (Å²) in [5.74, 6) is 0.297. The van der Waals surface area contributed by atoms with Gasteiger partial charge in [-0.05, 0) is 61.9 Å². The normalized spacial score (nSPS) is 28.7. The molecule has 208 valence electrons. The molecule has 2 aromatic carbocycles. The van der Waals surface area contributed by atoms with E-state index in [4.69, 9.17) is 9.47 Å². The molecule has 10 nitrogen and oxygen atoms in total. The molecule has 1 amide bonds. The lowest BCUT2D eigenvalue weighted by molar-refractivity contribution is -0.314. The molecular weight excluding hydrogens is 490 g/mol. The summed E-state index contributed by atoms with van der Waals surface area (Å²) in [5.41, 5.74) is 1.16. The molecule has 2 aliphatic rings. The minimum Gasteiger partial charge on any atom is -0.461 e. The predicted octanol–water partition coefficient (Wildman–Crippen LogP) is 0.208. The van der Waals surface area contributed by atoms with E-state index in [9.17, 15) is 25.2 Å². The molecule has 4 rings (SSSR count). The molecule has 5 N–H and O–H groups in total. The van der Waals surface area contributed by atoms with Crippen LogP contribution in [0.2, 0.25) is 0 Å². The summed E-state index contributed by atoms with van der Waals surface area (Å²) in [7, 11) is 2.12. The van der Waals surface area contributed by atoms with Crippen molar-refractivity contribution in [3.63, 3.8) is 0 Å². The number of aliphatic hydroxyl groups is 4. The third-order valence-electron chi connectivity index (χ3n) is 7.44. The fourth-order valence-electron chi connectivity index (χ4n) is 4.78. The molecule has 2 fully saturated rings. The van der Waals surface area contributed by atoms with E-state index in [0.717, 1.165) is 49.4 Å². The standard InChI is InChI=1S/C28H39N3O7/c1-18-15-20(7-8-22(18)37-27-28(2,36)25(34)24(33)23(17-32)38-27)19-5-4-6-21(16-19)26(35)29-9-10-31-13-11-30(3)12-14-31/h4-8,15-16,23-25,27,32-34,36H,9-14,17H2,1-3H3,(H,29,35)/t23?,24-,25?,27+,28+/m1/s1. The molecule has 38 heavy (non-hydrogen) atoms. The monoisotopic (exact) mass is 529 g/mol. The van der Waals surface area contributed by atoms with E-state index in [1.807, 2.05) is 37.3 Å². The number of nitrogens with one attached hydrogen (secondary N) is 1. The number of aryl methyl sites for hydroxylation is 1. The Kier molecular flexibility index (Phi) is 9.04. The van der Waals surface area contributed by atoms with Crippen LogP contribution in [0.25, 0.3) is 11.1 Å². The molecule has 2 unspecified atom stereocenters. The second-order valence-corrected chi connectivity index (χ2v) is 10.4. The lowest BCUT2D eigenvalue weighted by Gasteiger charge is -2.45. The fraction of sp³-hybridized carbons (Fsp3) is 0.536. The van der Waals surface area contributed by atoms with Gasteiger partial charge < -0.3 is 40.1 Å². The number of likely N-dealkylation sites (N-methyl/N-ethyl adjacent to an activating group) is 1. The molecule has 2 aliphatic heterocycles. The third-order valence-corrected chi connectivity index (χ3v) is 7.44. The van der Waals surface area contributed by atoms with Crippen molar-refractivity contribution in [2.75, 3.05) is 52.9 Å². The van der Waals surface area contributed by atoms with Gasteiger partial charge in [0.1, 0.15) is 24.1 Å². The van der Waals surface area contributed by atoms with Crippen LogP contribution in [0.4, 0.5) is 0 Å². The number of nitrogens with zero attached hydrogens (tertiary/aromatic N) is 2. The van der Waals surface area contributed by atoms with E-state index >= 15 is 0 Å². The number of piperazine rings is 1. The van der Waals surface area contributed by atoms with Crippen molar-refractivity contribution in [2.24, 2.45) is 0 Å². The van der Waals surface area contributed by atoms with Gasteiger partial charge in [0.05, 0.1) is 6.61 Å². The topological polar surface area (TPSA) is 135 Å². The van der Waals surface area contributed by atoms with Crippen LogP contribution in [0.3, 0.4) is 0 Å². The van der Waals surface area contributed by atoms with Gasteiger partial charge in [0.15, 0.2) is 5.60 Å². The van der Waals surface area contributed by atoms with Crippen LogP contribution in [0.1, 0.15) is 22.8 Å². The van der Waals surface area contributed by atoms with Crippen molar-refractivity contribution in [1.29, 1.82) is 0 Å². The number of ether oxygens (including phenoxy) is 2. The highest BCUT2D eigenvalue weighted by Crippen LogP contribution is 2.34. The minimum absolute atomic E-state index is 0.117. The zero-order valence-electron chi connectivity index (χ0n) is 22.2. The van der Waals surface area contributed by atoms with E-state index in [0.29, 0.717) is 17.9 Å². The first-order chi connectivity index (χ1) is 18.1. The number of aliphatic hydroxyl groups excluding tert-OH is 3. The Balaban J connectivity index is 1.40. The fourth-order valence-corrected chi connectivity index (χ4v) is 4.78. The number of hydrogen-bond acceptors (Lipinski definition) is 9. The highest BCUT2D eigenvalue weighted by atomic mass is 16.7. The quantitative estimate of drug-likeness (QED) is 0.325. The van der Waals surface area contributed by atoms with Gasteiger partial charge in [0, 0.05) is 44.8 Å². The van der Waals surface area contributed by atoms with Gasteiger partial charge in [-0.2, -0.15) is 0 Å². The molecule has 2 aromatic rings. The summed E-state index contributed by atoms with van der Waals surface area (Å²) in [5, 5.41) is 43.6. The molecule has 10 heteroatoms. The van der Waals surface area contributed by atoms with Crippen LogP contribution in [-0.2, 0) is 4.74 Å². The van der Waals surface area contributed by atoms with Gasteiger partial charge in [-0.3, -0.25) is 9.69 Å². The number of rotatable bonds is 8. The van der Waals surface area contributed by atoms with Crippen molar-refractivity contribution in [3.05, 3.63) is 53.6 Å². The molecule has 0 bridgehead atoms. The number of amides is 1. The zero-order valence-corrected chi connectivity index (χ0v) is 22.2. The van der Waals surface area contributed by atoms with E-state index in [-0.39, 0.29) is 5.91 Å². The first kappa shape index (κ1) is 28.4. The maximum Gasteiger partial charge on any atom is 0.251 e. The Morgan fingerprint density at radius 1 is 1.13 bits per heavy atom. The predicted molar refractivity (Wildman–Crippen MR) is 142 cm³/mol. The van der Waals surface area contributed by atoms with E-state index in [1.54, 1.807) is 12.1 Å². The summed E-state index contributed by atoms with van der Waals surface area (Å²) in [6, 6.07) is 12.9. The van der Waals surface area contributed by atoms with Gasteiger partial charge >= 0.3 is 0 Å². The first-order valence-electron chi connectivity index (χ1n) is 13.0. The summed E-state index contributed by atoms with van der Waals surface area (Å²) < 4.78 is 11.4. The largest absolute Gasteiger partial charge is 0.461 e. The molecule has 0 aliphatic carbocycles. The molecule has 2 heterocycles. The Morgan fingerprint density at radius 3 is 2.53 bits per heavy atom. The maximum absolute atomic E-state index is 12.8. The lowest BCUT2D eigenvalue weighted by atomic mass is 9.88. The third kappa shape index (κ3) is 6.35. The number of hydrogen-bond donors (Lipinski definition) is 5. The SMILES string of the molecule is Cc1cc(-c2cccc(C(=O)NCCN3CCN(C)CC3)c2)ccc1O[C@H]1OC(CO)[C@@H](O)C(O)[C@]1(C)O. The zero-order chi connectivity index (χ0) is 27.4. The van der Waals surface area contributed by atoms with Gasteiger partial charge in [0.2, 0.25) is 6.29 Å². The second-order valence-electron chi connectivity index (χ2n) is 10.4. The van der Waals surface area contributed by atoms with Crippen molar-refractivity contribution < 1.29 is 34.7 Å². The summed E-state index contributed by atoms with van der Waals surface area (Å²) in [6.07, 6.45) is -5.41. The Hall–Kier alpha value is -2.57. The van der Waals surface area contributed by atoms with Crippen LogP contribution < -0.4 is 10.1 Å². The summed E-state index contributed by atoms with van der Waals surface area (Å²) in [6.45, 7) is 8.13. The van der Waals surface area contributed by atoms with E-state index in [2.05, 4.69) is 22.2 Å². The second kappa shape index (κ2) is 12.1. The highest BCUT2D eigenvalue weighted by molar-refractivity contribution is 5.95. The van der Waals surface area contributed by atoms with Crippen LogP contribution in [0, 0.1) is 6.92 Å². The molecular formula is C28H39N3O7. The van der Waals surface area contributed by atoms with Crippen molar-refractivity contribution in [1.82, 2.24) is 15.1 Å². The van der Waals surface area contributed by atoms with Gasteiger partial charge in [0.25, 0.3) is 5.91 Å². The van der Waals surface area contributed by atoms with Crippen molar-refractivity contribution in [3.8, 4) is 16.9 Å². The van der Waals surface area contributed by atoms with Crippen LogP contribution in [-0.4, -0.2) is 119 Å². The number of carbonyl (C=O) groups excluding carboxylic acids is 1.